The number of fused-ring (bicyclic) bond motifs is 1. The first kappa shape index (κ1) is 21.1. The Labute approximate surface area is 188 Å². The molecule has 0 radical (unpaired) electrons. The number of hydrogen-bond acceptors (Lipinski definition) is 5. The molecule has 7 heteroatoms. The lowest BCUT2D eigenvalue weighted by atomic mass is 10.1. The largest absolute Gasteiger partial charge is 0.377 e. The minimum Gasteiger partial charge on any atom is -0.377 e. The number of aromatic nitrogens is 2. The summed E-state index contributed by atoms with van der Waals surface area (Å²) in [5.74, 6) is 2.45. The van der Waals surface area contributed by atoms with Crippen LogP contribution in [0, 0.1) is 12.8 Å². The molecular weight excluding hydrogens is 404 g/mol. The number of aryl methyl sites for hydroxylation is 1. The molecule has 1 aromatic carbocycles. The summed E-state index contributed by atoms with van der Waals surface area (Å²) in [6, 6.07) is 7.66. The molecule has 5 rings (SSSR count). The molecule has 7 nitrogen and oxygen atoms in total. The third-order valence-corrected chi connectivity index (χ3v) is 6.75. The molecule has 2 fully saturated rings. The van der Waals surface area contributed by atoms with E-state index in [1.807, 2.05) is 47.9 Å². The molecule has 168 valence electrons. The van der Waals surface area contributed by atoms with Crippen LogP contribution in [0.4, 0.5) is 5.82 Å². The van der Waals surface area contributed by atoms with E-state index in [-0.39, 0.29) is 17.7 Å². The van der Waals surface area contributed by atoms with E-state index in [9.17, 15) is 9.59 Å². The maximum absolute atomic E-state index is 13.0. The number of rotatable bonds is 7. The summed E-state index contributed by atoms with van der Waals surface area (Å²) in [6.07, 6.45) is 3.64. The van der Waals surface area contributed by atoms with Crippen molar-refractivity contribution in [1.29, 1.82) is 0 Å². The highest BCUT2D eigenvalue weighted by atomic mass is 16.5. The van der Waals surface area contributed by atoms with Crippen LogP contribution in [-0.2, 0) is 22.6 Å². The molecule has 2 amide bonds. The van der Waals surface area contributed by atoms with Gasteiger partial charge in [0.05, 0.1) is 13.0 Å². The zero-order valence-electron chi connectivity index (χ0n) is 18.8. The fourth-order valence-electron chi connectivity index (χ4n) is 4.63. The van der Waals surface area contributed by atoms with E-state index in [0.29, 0.717) is 44.2 Å². The number of carbonyl (C=O) groups is 2. The third-order valence-electron chi connectivity index (χ3n) is 6.75. The lowest BCUT2D eigenvalue weighted by Crippen LogP contribution is -2.30. The molecule has 32 heavy (non-hydrogen) atoms. The van der Waals surface area contributed by atoms with Gasteiger partial charge in [0.1, 0.15) is 11.6 Å². The zero-order chi connectivity index (χ0) is 22.2. The Morgan fingerprint density at radius 1 is 1.16 bits per heavy atom. The van der Waals surface area contributed by atoms with Crippen molar-refractivity contribution in [2.45, 2.75) is 52.1 Å². The Morgan fingerprint density at radius 3 is 2.66 bits per heavy atom. The summed E-state index contributed by atoms with van der Waals surface area (Å²) in [6.45, 7) is 7.24. The molecule has 1 aliphatic carbocycles. The van der Waals surface area contributed by atoms with Crippen molar-refractivity contribution in [2.75, 3.05) is 31.1 Å². The van der Waals surface area contributed by atoms with Crippen LogP contribution < -0.4 is 4.90 Å². The van der Waals surface area contributed by atoms with Gasteiger partial charge in [0.25, 0.3) is 5.91 Å². The molecular formula is C25H30N4O3. The van der Waals surface area contributed by atoms with Gasteiger partial charge in [-0.15, -0.1) is 0 Å². The predicted molar refractivity (Wildman–Crippen MR) is 121 cm³/mol. The number of nitrogens with zero attached hydrogens (tertiary/aromatic N) is 4. The minimum absolute atomic E-state index is 0.0406. The van der Waals surface area contributed by atoms with Crippen LogP contribution in [0.1, 0.15) is 65.1 Å². The second kappa shape index (κ2) is 8.62. The first-order chi connectivity index (χ1) is 15.5. The highest BCUT2D eigenvalue weighted by Gasteiger charge is 2.37. The number of ether oxygens (including phenoxy) is 1. The maximum Gasteiger partial charge on any atom is 0.253 e. The summed E-state index contributed by atoms with van der Waals surface area (Å²) in [5, 5.41) is 0. The van der Waals surface area contributed by atoms with E-state index >= 15 is 0 Å². The quantitative estimate of drug-likeness (QED) is 0.669. The monoisotopic (exact) mass is 434 g/mol. The van der Waals surface area contributed by atoms with Crippen LogP contribution in [0.2, 0.25) is 0 Å². The number of hydrogen-bond donors (Lipinski definition) is 0. The predicted octanol–water partition coefficient (Wildman–Crippen LogP) is 3.25. The Kier molecular flexibility index (Phi) is 5.67. The maximum atomic E-state index is 13.0. The van der Waals surface area contributed by atoms with Gasteiger partial charge < -0.3 is 9.64 Å². The molecule has 1 saturated carbocycles. The van der Waals surface area contributed by atoms with Gasteiger partial charge in [-0.25, -0.2) is 9.97 Å². The molecule has 2 aliphatic heterocycles. The second-order valence-electron chi connectivity index (χ2n) is 9.16. The molecule has 1 unspecified atom stereocenters. The van der Waals surface area contributed by atoms with Gasteiger partial charge in [-0.3, -0.25) is 14.5 Å². The summed E-state index contributed by atoms with van der Waals surface area (Å²) >= 11 is 0. The van der Waals surface area contributed by atoms with Gasteiger partial charge in [-0.2, -0.15) is 0 Å². The first-order valence-electron chi connectivity index (χ1n) is 11.7. The highest BCUT2D eigenvalue weighted by Crippen LogP contribution is 2.37. The van der Waals surface area contributed by atoms with Crippen molar-refractivity contribution < 1.29 is 14.3 Å². The topological polar surface area (TPSA) is 75.6 Å². The molecule has 3 aliphatic rings. The van der Waals surface area contributed by atoms with Gasteiger partial charge in [0, 0.05) is 49.0 Å². The second-order valence-corrected chi connectivity index (χ2v) is 9.16. The lowest BCUT2D eigenvalue weighted by molar-refractivity contribution is -0.117. The summed E-state index contributed by atoms with van der Waals surface area (Å²) < 4.78 is 5.43. The van der Waals surface area contributed by atoms with Crippen LogP contribution in [0.3, 0.4) is 0 Å². The molecule has 0 bridgehead atoms. The van der Waals surface area contributed by atoms with Gasteiger partial charge >= 0.3 is 0 Å². The van der Waals surface area contributed by atoms with Crippen molar-refractivity contribution in [3.63, 3.8) is 0 Å². The molecule has 3 heterocycles. The van der Waals surface area contributed by atoms with E-state index in [1.54, 1.807) is 0 Å². The molecule has 1 saturated heterocycles. The number of anilines is 1. The van der Waals surface area contributed by atoms with Crippen molar-refractivity contribution in [2.24, 2.45) is 5.92 Å². The lowest BCUT2D eigenvalue weighted by Gasteiger charge is -2.19. The molecule has 1 atom stereocenters. The Bertz CT molecular complexity index is 1030. The zero-order valence-corrected chi connectivity index (χ0v) is 18.8. The van der Waals surface area contributed by atoms with Crippen LogP contribution in [0.5, 0.6) is 0 Å². The van der Waals surface area contributed by atoms with E-state index < -0.39 is 0 Å². The van der Waals surface area contributed by atoms with Crippen molar-refractivity contribution >= 4 is 17.6 Å². The Hall–Kier alpha value is -2.80. The van der Waals surface area contributed by atoms with E-state index in [4.69, 9.17) is 14.7 Å². The van der Waals surface area contributed by atoms with Gasteiger partial charge in [-0.05, 0) is 56.7 Å². The number of likely N-dealkylation sites (tertiary alicyclic amines) is 1. The van der Waals surface area contributed by atoms with Crippen LogP contribution in [-0.4, -0.2) is 52.9 Å². The van der Waals surface area contributed by atoms with Crippen LogP contribution in [0.25, 0.3) is 0 Å². The minimum atomic E-state index is 0.0406. The van der Waals surface area contributed by atoms with Crippen molar-refractivity contribution in [3.05, 3.63) is 52.5 Å². The van der Waals surface area contributed by atoms with E-state index in [1.165, 1.54) is 12.8 Å². The standard InChI is InChI=1S/C25H30N4O3/c1-3-32-15-18-6-8-19(9-7-18)25(31)28-11-10-20(14-28)23-26-16(2)21-12-22(30)29(24(21)27-23)13-17-4-5-17/h6-9,17,20H,3-5,10-15H2,1-2H3. The van der Waals surface area contributed by atoms with Crippen molar-refractivity contribution in [3.8, 4) is 0 Å². The fourth-order valence-corrected chi connectivity index (χ4v) is 4.63. The average molecular weight is 435 g/mol. The third kappa shape index (κ3) is 4.13. The average Bonchev–Trinajstić information content (AvgIpc) is 3.38. The number of benzene rings is 1. The van der Waals surface area contributed by atoms with Crippen molar-refractivity contribution in [1.82, 2.24) is 14.9 Å². The molecule has 2 aromatic rings. The normalized spacial score (nSPS) is 20.2. The number of amides is 2. The van der Waals surface area contributed by atoms with Crippen LogP contribution in [0.15, 0.2) is 24.3 Å². The molecule has 1 aromatic heterocycles. The molecule has 0 N–H and O–H groups in total. The van der Waals surface area contributed by atoms with Gasteiger partial charge in [-0.1, -0.05) is 12.1 Å². The summed E-state index contributed by atoms with van der Waals surface area (Å²) in [7, 11) is 0. The number of carbonyl (C=O) groups excluding carboxylic acids is 2. The van der Waals surface area contributed by atoms with Crippen LogP contribution >= 0.6 is 0 Å². The highest BCUT2D eigenvalue weighted by molar-refractivity contribution is 6.00. The smallest absolute Gasteiger partial charge is 0.253 e. The first-order valence-corrected chi connectivity index (χ1v) is 11.7. The summed E-state index contributed by atoms with van der Waals surface area (Å²) in [4.78, 5) is 39.0. The SMILES string of the molecule is CCOCc1ccc(C(=O)N2CCC(c3nc(C)c4c(n3)N(CC3CC3)C(=O)C4)C2)cc1. The fraction of sp³-hybridized carbons (Fsp3) is 0.520. The van der Waals surface area contributed by atoms with Gasteiger partial charge in [0.15, 0.2) is 0 Å². The van der Waals surface area contributed by atoms with E-state index in [2.05, 4.69) is 0 Å². The van der Waals surface area contributed by atoms with E-state index in [0.717, 1.165) is 41.4 Å². The Morgan fingerprint density at radius 2 is 1.94 bits per heavy atom. The molecule has 0 spiro atoms. The van der Waals surface area contributed by atoms with Gasteiger partial charge in [0.2, 0.25) is 5.91 Å². The summed E-state index contributed by atoms with van der Waals surface area (Å²) in [5.41, 5.74) is 3.62. The Balaban J connectivity index is 1.29.